The minimum absolute atomic E-state index is 0.684. The molecule has 0 aliphatic rings. The second-order valence-electron chi connectivity index (χ2n) is 1.89. The molecular formula is C5H3ClFNO3S. The second-order valence-corrected chi connectivity index (χ2v) is 4.42. The topological polar surface area (TPSA) is 67.3 Å². The third kappa shape index (κ3) is 1.64. The van der Waals surface area contributed by atoms with Gasteiger partial charge < -0.3 is 5.11 Å². The molecule has 0 aromatic carbocycles. The van der Waals surface area contributed by atoms with Crippen molar-refractivity contribution in [3.63, 3.8) is 0 Å². The second kappa shape index (κ2) is 2.87. The number of aromatic nitrogens is 1. The van der Waals surface area contributed by atoms with Gasteiger partial charge in [-0.25, -0.2) is 13.4 Å². The molecule has 1 rings (SSSR count). The van der Waals surface area contributed by atoms with Crippen LogP contribution in [0.2, 0.25) is 0 Å². The fourth-order valence-corrected chi connectivity index (χ4v) is 1.52. The molecule has 0 saturated heterocycles. The summed E-state index contributed by atoms with van der Waals surface area (Å²) in [4.78, 5) is 2.33. The molecule has 1 aromatic rings. The molecule has 0 atom stereocenters. The van der Waals surface area contributed by atoms with Crippen LogP contribution in [0, 0.1) is 5.95 Å². The molecule has 0 fully saturated rings. The van der Waals surface area contributed by atoms with Crippen LogP contribution in [0.15, 0.2) is 17.2 Å². The van der Waals surface area contributed by atoms with Crippen LogP contribution in [0.5, 0.6) is 5.75 Å². The van der Waals surface area contributed by atoms with Gasteiger partial charge in [-0.2, -0.15) is 4.39 Å². The number of rotatable bonds is 1. The van der Waals surface area contributed by atoms with Crippen molar-refractivity contribution in [2.75, 3.05) is 0 Å². The molecule has 1 heterocycles. The first-order chi connectivity index (χ1) is 5.43. The summed E-state index contributed by atoms with van der Waals surface area (Å²) < 4.78 is 33.7. The number of hydrogen-bond acceptors (Lipinski definition) is 4. The molecule has 7 heteroatoms. The van der Waals surface area contributed by atoms with Crippen LogP contribution in [-0.2, 0) is 9.05 Å². The van der Waals surface area contributed by atoms with Gasteiger partial charge >= 0.3 is 0 Å². The monoisotopic (exact) mass is 211 g/mol. The molecule has 0 saturated carbocycles. The molecule has 1 aromatic heterocycles. The van der Waals surface area contributed by atoms with E-state index < -0.39 is 25.6 Å². The van der Waals surface area contributed by atoms with Gasteiger partial charge in [-0.05, 0) is 6.07 Å². The van der Waals surface area contributed by atoms with E-state index in [1.54, 1.807) is 0 Å². The Morgan fingerprint density at radius 3 is 2.58 bits per heavy atom. The maximum absolute atomic E-state index is 12.4. The van der Waals surface area contributed by atoms with Gasteiger partial charge in [-0.15, -0.1) is 0 Å². The van der Waals surface area contributed by atoms with Crippen LogP contribution in [0.4, 0.5) is 4.39 Å². The lowest BCUT2D eigenvalue weighted by molar-refractivity contribution is 0.404. The van der Waals surface area contributed by atoms with Crippen LogP contribution >= 0.6 is 10.7 Å². The fraction of sp³-hybridized carbons (Fsp3) is 0. The summed E-state index contributed by atoms with van der Waals surface area (Å²) >= 11 is 0. The van der Waals surface area contributed by atoms with E-state index in [2.05, 4.69) is 4.98 Å². The zero-order valence-electron chi connectivity index (χ0n) is 5.53. The quantitative estimate of drug-likeness (QED) is 0.553. The molecule has 0 amide bonds. The zero-order chi connectivity index (χ0) is 9.35. The SMILES string of the molecule is O=S(=O)(Cl)c1ccnc(F)c1O. The molecular weight excluding hydrogens is 209 g/mol. The number of nitrogens with zero attached hydrogens (tertiary/aromatic N) is 1. The summed E-state index contributed by atoms with van der Waals surface area (Å²) in [6.45, 7) is 0. The predicted molar refractivity (Wildman–Crippen MR) is 38.9 cm³/mol. The Labute approximate surface area is 72.0 Å². The van der Waals surface area contributed by atoms with E-state index >= 15 is 0 Å². The van der Waals surface area contributed by atoms with Gasteiger partial charge in [0.05, 0.1) is 0 Å². The van der Waals surface area contributed by atoms with Crippen LogP contribution in [0.1, 0.15) is 0 Å². The Hall–Kier alpha value is -0.880. The Kier molecular flexibility index (Phi) is 2.20. The highest BCUT2D eigenvalue weighted by Crippen LogP contribution is 2.26. The first-order valence-corrected chi connectivity index (χ1v) is 5.02. The minimum Gasteiger partial charge on any atom is -0.503 e. The highest BCUT2D eigenvalue weighted by molar-refractivity contribution is 8.13. The van der Waals surface area contributed by atoms with Gasteiger partial charge in [0.25, 0.3) is 15.0 Å². The third-order valence-corrected chi connectivity index (χ3v) is 2.46. The highest BCUT2D eigenvalue weighted by Gasteiger charge is 2.18. The molecule has 0 aliphatic carbocycles. The van der Waals surface area contributed by atoms with Crippen LogP contribution in [-0.4, -0.2) is 18.5 Å². The van der Waals surface area contributed by atoms with E-state index in [9.17, 15) is 12.8 Å². The van der Waals surface area contributed by atoms with E-state index in [0.717, 1.165) is 12.3 Å². The lowest BCUT2D eigenvalue weighted by atomic mass is 10.4. The first kappa shape index (κ1) is 9.21. The first-order valence-electron chi connectivity index (χ1n) is 2.71. The molecule has 12 heavy (non-hydrogen) atoms. The number of hydrogen-bond donors (Lipinski definition) is 1. The van der Waals surface area contributed by atoms with Crippen molar-refractivity contribution in [1.29, 1.82) is 0 Å². The number of pyridine rings is 1. The minimum atomic E-state index is -4.11. The average molecular weight is 212 g/mol. The van der Waals surface area contributed by atoms with E-state index in [4.69, 9.17) is 15.8 Å². The van der Waals surface area contributed by atoms with E-state index in [1.807, 2.05) is 0 Å². The molecule has 66 valence electrons. The highest BCUT2D eigenvalue weighted by atomic mass is 35.7. The average Bonchev–Trinajstić information content (AvgIpc) is 1.92. The number of aromatic hydroxyl groups is 1. The Morgan fingerprint density at radius 1 is 1.58 bits per heavy atom. The third-order valence-electron chi connectivity index (χ3n) is 1.11. The smallest absolute Gasteiger partial charge is 0.265 e. The van der Waals surface area contributed by atoms with Crippen molar-refractivity contribution in [2.24, 2.45) is 0 Å². The van der Waals surface area contributed by atoms with E-state index in [0.29, 0.717) is 0 Å². The van der Waals surface area contributed by atoms with Crippen LogP contribution in [0.25, 0.3) is 0 Å². The lowest BCUT2D eigenvalue weighted by Gasteiger charge is -1.98. The summed E-state index contributed by atoms with van der Waals surface area (Å²) in [6.07, 6.45) is 0.893. The van der Waals surface area contributed by atoms with Crippen LogP contribution in [0.3, 0.4) is 0 Å². The Morgan fingerprint density at radius 2 is 2.17 bits per heavy atom. The van der Waals surface area contributed by atoms with Gasteiger partial charge in [0.15, 0.2) is 5.75 Å². The van der Waals surface area contributed by atoms with Crippen molar-refractivity contribution in [2.45, 2.75) is 4.90 Å². The molecule has 4 nitrogen and oxygen atoms in total. The van der Waals surface area contributed by atoms with Gasteiger partial charge in [0, 0.05) is 16.9 Å². The summed E-state index contributed by atoms with van der Waals surface area (Å²) in [5.41, 5.74) is 0. The molecule has 1 N–H and O–H groups in total. The van der Waals surface area contributed by atoms with Crippen molar-refractivity contribution >= 4 is 19.7 Å². The molecule has 0 spiro atoms. The Balaban J connectivity index is 3.47. The molecule has 0 unspecified atom stereocenters. The van der Waals surface area contributed by atoms with Crippen LogP contribution < -0.4 is 0 Å². The van der Waals surface area contributed by atoms with Crippen molar-refractivity contribution in [3.8, 4) is 5.75 Å². The summed E-state index contributed by atoms with van der Waals surface area (Å²) in [6, 6.07) is 0.904. The zero-order valence-corrected chi connectivity index (χ0v) is 7.10. The van der Waals surface area contributed by atoms with Gasteiger partial charge in [-0.1, -0.05) is 0 Å². The van der Waals surface area contributed by atoms with Crippen molar-refractivity contribution < 1.29 is 17.9 Å². The molecule has 0 aliphatic heterocycles. The molecule has 0 bridgehead atoms. The van der Waals surface area contributed by atoms with Gasteiger partial charge in [0.1, 0.15) is 4.90 Å². The van der Waals surface area contributed by atoms with Crippen molar-refractivity contribution in [3.05, 3.63) is 18.2 Å². The van der Waals surface area contributed by atoms with E-state index in [-0.39, 0.29) is 0 Å². The fourth-order valence-electron chi connectivity index (χ4n) is 0.609. The Bertz CT molecular complexity index is 405. The van der Waals surface area contributed by atoms with Gasteiger partial charge in [-0.3, -0.25) is 0 Å². The standard InChI is InChI=1S/C5H3ClFNO3S/c6-12(10,11)3-1-2-8-5(7)4(3)9/h1-2,9H. The summed E-state index contributed by atoms with van der Waals surface area (Å²) in [5, 5.41) is 8.83. The van der Waals surface area contributed by atoms with Crippen molar-refractivity contribution in [1.82, 2.24) is 4.98 Å². The number of halogens is 2. The maximum Gasteiger partial charge on any atom is 0.265 e. The summed E-state index contributed by atoms with van der Waals surface area (Å²) in [7, 11) is 0.740. The summed E-state index contributed by atoms with van der Waals surface area (Å²) in [5.74, 6) is -2.33. The maximum atomic E-state index is 12.4. The van der Waals surface area contributed by atoms with E-state index in [1.165, 1.54) is 0 Å². The normalized spacial score (nSPS) is 11.5. The lowest BCUT2D eigenvalue weighted by Crippen LogP contribution is -1.94. The predicted octanol–water partition coefficient (Wildman–Crippen LogP) is 0.854. The van der Waals surface area contributed by atoms with Gasteiger partial charge in [0.2, 0.25) is 0 Å². The molecule has 0 radical (unpaired) electrons. The largest absolute Gasteiger partial charge is 0.503 e.